The van der Waals surface area contributed by atoms with Crippen molar-refractivity contribution < 1.29 is 8.42 Å². The van der Waals surface area contributed by atoms with E-state index < -0.39 is 10.0 Å². The molecular weight excluding hydrogens is 391 g/mol. The summed E-state index contributed by atoms with van der Waals surface area (Å²) in [5.74, 6) is 0.811. The largest absolute Gasteiger partial charge is 0.370 e. The molecule has 20 heavy (non-hydrogen) atoms. The second-order valence-corrected chi connectivity index (χ2v) is 7.63. The van der Waals surface area contributed by atoms with E-state index in [-0.39, 0.29) is 24.0 Å². The molecule has 1 aliphatic carbocycles. The van der Waals surface area contributed by atoms with E-state index in [0.29, 0.717) is 37.6 Å². The van der Waals surface area contributed by atoms with Crippen molar-refractivity contribution >= 4 is 40.0 Å². The van der Waals surface area contributed by atoms with Crippen LogP contribution in [0.15, 0.2) is 4.99 Å². The Bertz CT molecular complexity index is 429. The second-order valence-electron chi connectivity index (χ2n) is 5.65. The Morgan fingerprint density at radius 3 is 2.45 bits per heavy atom. The minimum Gasteiger partial charge on any atom is -0.370 e. The van der Waals surface area contributed by atoms with E-state index in [4.69, 9.17) is 5.73 Å². The average molecular weight is 416 g/mol. The van der Waals surface area contributed by atoms with Gasteiger partial charge in [0.2, 0.25) is 10.0 Å². The Balaban J connectivity index is 0.00000200. The van der Waals surface area contributed by atoms with Gasteiger partial charge in [-0.1, -0.05) is 19.3 Å². The van der Waals surface area contributed by atoms with Gasteiger partial charge in [-0.3, -0.25) is 4.99 Å². The van der Waals surface area contributed by atoms with Crippen LogP contribution in [0, 0.1) is 5.92 Å². The molecule has 1 saturated heterocycles. The molecule has 8 heteroatoms. The van der Waals surface area contributed by atoms with Crippen molar-refractivity contribution in [3.05, 3.63) is 0 Å². The van der Waals surface area contributed by atoms with Crippen LogP contribution < -0.4 is 11.1 Å². The smallest absolute Gasteiger partial charge is 0.211 e. The van der Waals surface area contributed by atoms with E-state index in [1.165, 1.54) is 42.7 Å². The molecule has 1 saturated carbocycles. The van der Waals surface area contributed by atoms with Crippen molar-refractivity contribution in [3.63, 3.8) is 0 Å². The maximum atomic E-state index is 11.2. The highest BCUT2D eigenvalue weighted by Gasteiger charge is 2.32. The number of guanidine groups is 1. The zero-order chi connectivity index (χ0) is 13.9. The van der Waals surface area contributed by atoms with E-state index in [1.807, 2.05) is 0 Å². The molecule has 0 aromatic rings. The topological polar surface area (TPSA) is 87.8 Å². The number of nitrogens with one attached hydrogen (secondary N) is 1. The number of hydrogen-bond acceptors (Lipinski definition) is 3. The summed E-state index contributed by atoms with van der Waals surface area (Å²) in [6.07, 6.45) is 7.42. The third-order valence-corrected chi connectivity index (χ3v) is 5.11. The first-order chi connectivity index (χ1) is 8.95. The number of aliphatic imine (C=N–C) groups is 1. The lowest BCUT2D eigenvalue weighted by Gasteiger charge is -2.36. The van der Waals surface area contributed by atoms with Crippen LogP contribution in [0.3, 0.4) is 0 Å². The highest BCUT2D eigenvalue weighted by molar-refractivity contribution is 14.0. The van der Waals surface area contributed by atoms with Gasteiger partial charge in [-0.2, -0.15) is 0 Å². The van der Waals surface area contributed by atoms with Crippen molar-refractivity contribution in [1.82, 2.24) is 9.62 Å². The predicted molar refractivity (Wildman–Crippen MR) is 91.8 cm³/mol. The summed E-state index contributed by atoms with van der Waals surface area (Å²) >= 11 is 0. The van der Waals surface area contributed by atoms with Crippen molar-refractivity contribution in [1.29, 1.82) is 0 Å². The van der Waals surface area contributed by atoms with Gasteiger partial charge < -0.3 is 11.1 Å². The average Bonchev–Trinajstić information content (AvgIpc) is 2.26. The number of halogens is 1. The molecule has 0 aromatic heterocycles. The molecule has 0 radical (unpaired) electrons. The lowest BCUT2D eigenvalue weighted by Crippen LogP contribution is -2.51. The molecule has 2 rings (SSSR count). The molecule has 0 unspecified atom stereocenters. The lowest BCUT2D eigenvalue weighted by atomic mass is 9.96. The molecular formula is C12H25IN4O2S. The molecule has 118 valence electrons. The summed E-state index contributed by atoms with van der Waals surface area (Å²) < 4.78 is 23.9. The molecule has 0 atom stereocenters. The molecule has 1 heterocycles. The molecule has 0 bridgehead atoms. The Morgan fingerprint density at radius 1 is 1.30 bits per heavy atom. The van der Waals surface area contributed by atoms with Crippen LogP contribution >= 0.6 is 24.0 Å². The number of rotatable bonds is 4. The first kappa shape index (κ1) is 18.0. The molecule has 6 nitrogen and oxygen atoms in total. The highest BCUT2D eigenvalue weighted by Crippen LogP contribution is 2.19. The van der Waals surface area contributed by atoms with Gasteiger partial charge in [-0.05, 0) is 12.8 Å². The first-order valence-electron chi connectivity index (χ1n) is 6.97. The number of nitrogens with zero attached hydrogens (tertiary/aromatic N) is 2. The Kier molecular flexibility index (Phi) is 6.99. The van der Waals surface area contributed by atoms with Gasteiger partial charge in [0.15, 0.2) is 5.96 Å². The molecule has 0 aromatic carbocycles. The van der Waals surface area contributed by atoms with Crippen LogP contribution in [-0.2, 0) is 10.0 Å². The molecule has 3 N–H and O–H groups in total. The summed E-state index contributed by atoms with van der Waals surface area (Å²) in [7, 11) is -3.02. The van der Waals surface area contributed by atoms with E-state index in [2.05, 4.69) is 10.3 Å². The summed E-state index contributed by atoms with van der Waals surface area (Å²) in [5.41, 5.74) is 5.86. The maximum Gasteiger partial charge on any atom is 0.211 e. The molecule has 0 amide bonds. The quantitative estimate of drug-likeness (QED) is 0.402. The van der Waals surface area contributed by atoms with Crippen molar-refractivity contribution in [2.45, 2.75) is 38.1 Å². The predicted octanol–water partition coefficient (Wildman–Crippen LogP) is 0.733. The third kappa shape index (κ3) is 5.36. The molecule has 2 aliphatic rings. The number of hydrogen-bond donors (Lipinski definition) is 2. The minimum atomic E-state index is -3.02. The zero-order valence-electron chi connectivity index (χ0n) is 11.9. The fourth-order valence-corrected chi connectivity index (χ4v) is 3.60. The summed E-state index contributed by atoms with van der Waals surface area (Å²) in [6.45, 7) is 1.75. The van der Waals surface area contributed by atoms with Crippen molar-refractivity contribution in [2.24, 2.45) is 16.6 Å². The molecule has 1 aliphatic heterocycles. The van der Waals surface area contributed by atoms with Crippen LogP contribution in [0.2, 0.25) is 0 Å². The highest BCUT2D eigenvalue weighted by atomic mass is 127. The Labute approximate surface area is 138 Å². The standard InChI is InChI=1S/C12H24N4O2S.HI/c1-19(17,18)16-8-10(9-16)7-14-12(13)15-11-5-3-2-4-6-11;/h10-11H,2-9H2,1H3,(H3,13,14,15);1H. The van der Waals surface area contributed by atoms with Gasteiger partial charge in [0.05, 0.1) is 6.26 Å². The van der Waals surface area contributed by atoms with Crippen LogP contribution in [-0.4, -0.2) is 50.6 Å². The van der Waals surface area contributed by atoms with Crippen LogP contribution in [0.4, 0.5) is 0 Å². The molecule has 0 spiro atoms. The van der Waals surface area contributed by atoms with Gasteiger partial charge >= 0.3 is 0 Å². The third-order valence-electron chi connectivity index (χ3n) is 3.87. The van der Waals surface area contributed by atoms with E-state index in [9.17, 15) is 8.42 Å². The summed E-state index contributed by atoms with van der Waals surface area (Å²) in [4.78, 5) is 4.32. The summed E-state index contributed by atoms with van der Waals surface area (Å²) in [5, 5.41) is 3.26. The maximum absolute atomic E-state index is 11.2. The van der Waals surface area contributed by atoms with Gasteiger partial charge in [-0.15, -0.1) is 24.0 Å². The van der Waals surface area contributed by atoms with Crippen molar-refractivity contribution in [3.8, 4) is 0 Å². The summed E-state index contributed by atoms with van der Waals surface area (Å²) in [6, 6.07) is 0.464. The second kappa shape index (κ2) is 7.79. The van der Waals surface area contributed by atoms with E-state index in [0.717, 1.165) is 0 Å². The fraction of sp³-hybridized carbons (Fsp3) is 0.917. The van der Waals surface area contributed by atoms with Crippen LogP contribution in [0.25, 0.3) is 0 Å². The van der Waals surface area contributed by atoms with E-state index in [1.54, 1.807) is 0 Å². The minimum absolute atomic E-state index is 0. The van der Waals surface area contributed by atoms with Crippen molar-refractivity contribution in [2.75, 3.05) is 25.9 Å². The monoisotopic (exact) mass is 416 g/mol. The zero-order valence-corrected chi connectivity index (χ0v) is 15.1. The van der Waals surface area contributed by atoms with Crippen LogP contribution in [0.1, 0.15) is 32.1 Å². The first-order valence-corrected chi connectivity index (χ1v) is 8.81. The SMILES string of the molecule is CS(=O)(=O)N1CC(CN=C(N)NC2CCCCC2)C1.I. The Morgan fingerprint density at radius 2 is 1.90 bits per heavy atom. The van der Waals surface area contributed by atoms with Gasteiger partial charge in [0, 0.05) is 31.6 Å². The molecule has 2 fully saturated rings. The van der Waals surface area contributed by atoms with Gasteiger partial charge in [0.25, 0.3) is 0 Å². The van der Waals surface area contributed by atoms with E-state index >= 15 is 0 Å². The normalized spacial score (nSPS) is 22.9. The number of sulfonamides is 1. The number of nitrogens with two attached hydrogens (primary N) is 1. The fourth-order valence-electron chi connectivity index (χ4n) is 2.64. The Hall–Kier alpha value is -0.0900. The van der Waals surface area contributed by atoms with Crippen LogP contribution in [0.5, 0.6) is 0 Å². The lowest BCUT2D eigenvalue weighted by molar-refractivity contribution is 0.209. The van der Waals surface area contributed by atoms with Gasteiger partial charge in [0.1, 0.15) is 0 Å². The van der Waals surface area contributed by atoms with Gasteiger partial charge in [-0.25, -0.2) is 12.7 Å².